The molecule has 2 rings (SSSR count). The maximum Gasteiger partial charge on any atom is 0.274 e. The third kappa shape index (κ3) is 2.72. The van der Waals surface area contributed by atoms with Crippen LogP contribution in [-0.2, 0) is 0 Å². The van der Waals surface area contributed by atoms with Crippen molar-refractivity contribution in [2.24, 2.45) is 5.41 Å². The number of amides is 1. The second kappa shape index (κ2) is 4.31. The molecule has 0 radical (unpaired) electrons. The van der Waals surface area contributed by atoms with Gasteiger partial charge in [0.15, 0.2) is 5.69 Å². The fourth-order valence-corrected chi connectivity index (χ4v) is 1.93. The molecule has 0 saturated carbocycles. The summed E-state index contributed by atoms with van der Waals surface area (Å²) >= 11 is 0. The Labute approximate surface area is 101 Å². The normalized spacial score (nSPS) is 19.1. The predicted molar refractivity (Wildman–Crippen MR) is 65.4 cm³/mol. The number of likely N-dealkylation sites (tertiary alicyclic amines) is 1. The van der Waals surface area contributed by atoms with Gasteiger partial charge in [-0.3, -0.25) is 4.79 Å². The van der Waals surface area contributed by atoms with Crippen LogP contribution in [0.4, 0.5) is 5.82 Å². The van der Waals surface area contributed by atoms with Crippen LogP contribution in [0.3, 0.4) is 0 Å². The molecule has 1 saturated heterocycles. The molecule has 1 aromatic rings. The summed E-state index contributed by atoms with van der Waals surface area (Å²) < 4.78 is 0. The van der Waals surface area contributed by atoms with Gasteiger partial charge in [0.2, 0.25) is 0 Å². The Bertz CT molecular complexity index is 403. The number of rotatable bonds is 1. The van der Waals surface area contributed by atoms with Crippen molar-refractivity contribution in [2.75, 3.05) is 18.8 Å². The summed E-state index contributed by atoms with van der Waals surface area (Å²) in [5.41, 5.74) is 6.15. The zero-order valence-corrected chi connectivity index (χ0v) is 10.3. The van der Waals surface area contributed by atoms with Gasteiger partial charge in [-0.2, -0.15) is 0 Å². The van der Waals surface area contributed by atoms with Crippen molar-refractivity contribution in [1.29, 1.82) is 0 Å². The fraction of sp³-hybridized carbons (Fsp3) is 0.583. The lowest BCUT2D eigenvalue weighted by Crippen LogP contribution is -2.41. The number of carbonyl (C=O) groups is 1. The topological polar surface area (TPSA) is 72.1 Å². The number of piperidine rings is 1. The number of nitrogen functional groups attached to an aromatic ring is 1. The highest BCUT2D eigenvalue weighted by molar-refractivity contribution is 5.92. The molecule has 0 aromatic carbocycles. The van der Waals surface area contributed by atoms with Crippen LogP contribution in [0.2, 0.25) is 0 Å². The van der Waals surface area contributed by atoms with Crippen LogP contribution in [-0.4, -0.2) is 34.1 Å². The quantitative estimate of drug-likeness (QED) is 0.795. The Morgan fingerprint density at radius 3 is 2.47 bits per heavy atom. The van der Waals surface area contributed by atoms with Crippen LogP contribution in [0, 0.1) is 5.41 Å². The van der Waals surface area contributed by atoms with Crippen molar-refractivity contribution in [3.05, 3.63) is 17.8 Å². The van der Waals surface area contributed by atoms with Gasteiger partial charge < -0.3 is 10.6 Å². The highest BCUT2D eigenvalue weighted by atomic mass is 16.2. The van der Waals surface area contributed by atoms with Gasteiger partial charge in [-0.15, -0.1) is 10.2 Å². The molecule has 92 valence electrons. The van der Waals surface area contributed by atoms with E-state index in [2.05, 4.69) is 24.0 Å². The second-order valence-electron chi connectivity index (χ2n) is 5.30. The summed E-state index contributed by atoms with van der Waals surface area (Å²) in [6, 6.07) is 3.23. The third-order valence-electron chi connectivity index (χ3n) is 3.31. The molecule has 1 fully saturated rings. The maximum atomic E-state index is 12.1. The molecular weight excluding hydrogens is 216 g/mol. The average molecular weight is 234 g/mol. The predicted octanol–water partition coefficient (Wildman–Crippen LogP) is 1.32. The van der Waals surface area contributed by atoms with E-state index in [4.69, 9.17) is 5.73 Å². The molecule has 17 heavy (non-hydrogen) atoms. The van der Waals surface area contributed by atoms with Gasteiger partial charge in [0.25, 0.3) is 5.91 Å². The van der Waals surface area contributed by atoms with Crippen LogP contribution in [0.25, 0.3) is 0 Å². The van der Waals surface area contributed by atoms with E-state index in [-0.39, 0.29) is 5.91 Å². The zero-order chi connectivity index (χ0) is 12.5. The standard InChI is InChI=1S/C12H18N4O/c1-12(2)5-7-16(8-6-12)11(17)9-3-4-10(13)15-14-9/h3-4H,5-8H2,1-2H3,(H2,13,15). The first-order valence-electron chi connectivity index (χ1n) is 5.86. The van der Waals surface area contributed by atoms with E-state index >= 15 is 0 Å². The van der Waals surface area contributed by atoms with Gasteiger partial charge in [-0.25, -0.2) is 0 Å². The Kier molecular flexibility index (Phi) is 3.00. The molecule has 1 amide bonds. The van der Waals surface area contributed by atoms with Crippen molar-refractivity contribution in [2.45, 2.75) is 26.7 Å². The van der Waals surface area contributed by atoms with E-state index < -0.39 is 0 Å². The lowest BCUT2D eigenvalue weighted by Gasteiger charge is -2.36. The minimum Gasteiger partial charge on any atom is -0.382 e. The fourth-order valence-electron chi connectivity index (χ4n) is 1.93. The second-order valence-corrected chi connectivity index (χ2v) is 5.30. The smallest absolute Gasteiger partial charge is 0.274 e. The van der Waals surface area contributed by atoms with E-state index in [0.29, 0.717) is 16.9 Å². The van der Waals surface area contributed by atoms with Crippen LogP contribution < -0.4 is 5.73 Å². The van der Waals surface area contributed by atoms with Crippen LogP contribution in [0.15, 0.2) is 12.1 Å². The van der Waals surface area contributed by atoms with Crippen molar-refractivity contribution in [3.63, 3.8) is 0 Å². The number of nitrogens with zero attached hydrogens (tertiary/aromatic N) is 3. The molecule has 1 aliphatic heterocycles. The number of carbonyl (C=O) groups excluding carboxylic acids is 1. The Morgan fingerprint density at radius 2 is 1.94 bits per heavy atom. The van der Waals surface area contributed by atoms with Gasteiger partial charge >= 0.3 is 0 Å². The van der Waals surface area contributed by atoms with Gasteiger partial charge in [-0.1, -0.05) is 13.8 Å². The Morgan fingerprint density at radius 1 is 1.29 bits per heavy atom. The largest absolute Gasteiger partial charge is 0.382 e. The summed E-state index contributed by atoms with van der Waals surface area (Å²) in [5, 5.41) is 7.53. The summed E-state index contributed by atoms with van der Waals surface area (Å²) in [6.45, 7) is 6.05. The molecule has 1 aromatic heterocycles. The number of anilines is 1. The molecule has 0 spiro atoms. The summed E-state index contributed by atoms with van der Waals surface area (Å²) in [6.07, 6.45) is 2.06. The SMILES string of the molecule is CC1(C)CCN(C(=O)c2ccc(N)nn2)CC1. The van der Waals surface area contributed by atoms with Gasteiger partial charge in [-0.05, 0) is 30.4 Å². The first-order chi connectivity index (χ1) is 7.98. The average Bonchev–Trinajstić information content (AvgIpc) is 2.29. The van der Waals surface area contributed by atoms with Crippen molar-refractivity contribution in [1.82, 2.24) is 15.1 Å². The van der Waals surface area contributed by atoms with Gasteiger partial charge in [0.05, 0.1) is 0 Å². The number of nitrogens with two attached hydrogens (primary N) is 1. The van der Waals surface area contributed by atoms with Crippen molar-refractivity contribution >= 4 is 11.7 Å². The molecule has 2 N–H and O–H groups in total. The lowest BCUT2D eigenvalue weighted by atomic mass is 9.82. The van der Waals surface area contributed by atoms with E-state index in [0.717, 1.165) is 25.9 Å². The molecule has 5 nitrogen and oxygen atoms in total. The molecule has 0 unspecified atom stereocenters. The summed E-state index contributed by atoms with van der Waals surface area (Å²) in [5.74, 6) is 0.286. The molecule has 1 aliphatic rings. The number of hydrogen-bond donors (Lipinski definition) is 1. The summed E-state index contributed by atoms with van der Waals surface area (Å²) in [7, 11) is 0. The number of aromatic nitrogens is 2. The van der Waals surface area contributed by atoms with E-state index in [1.165, 1.54) is 0 Å². The highest BCUT2D eigenvalue weighted by Crippen LogP contribution is 2.30. The minimum absolute atomic E-state index is 0.0481. The van der Waals surface area contributed by atoms with Gasteiger partial charge in [0.1, 0.15) is 5.82 Å². The Balaban J connectivity index is 2.04. The molecule has 5 heteroatoms. The molecule has 2 heterocycles. The van der Waals surface area contributed by atoms with Gasteiger partial charge in [0, 0.05) is 13.1 Å². The number of hydrogen-bond acceptors (Lipinski definition) is 4. The van der Waals surface area contributed by atoms with E-state index in [9.17, 15) is 4.79 Å². The van der Waals surface area contributed by atoms with Crippen molar-refractivity contribution < 1.29 is 4.79 Å². The first-order valence-corrected chi connectivity index (χ1v) is 5.86. The lowest BCUT2D eigenvalue weighted by molar-refractivity contribution is 0.0623. The van der Waals surface area contributed by atoms with Crippen molar-refractivity contribution in [3.8, 4) is 0 Å². The minimum atomic E-state index is -0.0481. The van der Waals surface area contributed by atoms with E-state index in [1.54, 1.807) is 12.1 Å². The molecular formula is C12H18N4O. The van der Waals surface area contributed by atoms with Crippen LogP contribution in [0.5, 0.6) is 0 Å². The Hall–Kier alpha value is -1.65. The highest BCUT2D eigenvalue weighted by Gasteiger charge is 2.28. The molecule has 0 atom stereocenters. The summed E-state index contributed by atoms with van der Waals surface area (Å²) in [4.78, 5) is 13.9. The maximum absolute atomic E-state index is 12.1. The van der Waals surface area contributed by atoms with E-state index in [1.807, 2.05) is 4.90 Å². The van der Waals surface area contributed by atoms with Crippen LogP contribution >= 0.6 is 0 Å². The molecule has 0 bridgehead atoms. The van der Waals surface area contributed by atoms with Crippen LogP contribution in [0.1, 0.15) is 37.2 Å². The zero-order valence-electron chi connectivity index (χ0n) is 10.3. The molecule has 0 aliphatic carbocycles. The third-order valence-corrected chi connectivity index (χ3v) is 3.31. The monoisotopic (exact) mass is 234 g/mol. The first kappa shape index (κ1) is 11.8.